The molecule has 2 aliphatic heterocycles. The van der Waals surface area contributed by atoms with Crippen LogP contribution in [0.1, 0.15) is 28.4 Å². The Kier molecular flexibility index (Phi) is 2.82. The van der Waals surface area contributed by atoms with Crippen molar-refractivity contribution in [2.45, 2.75) is 19.1 Å². The van der Waals surface area contributed by atoms with Crippen LogP contribution in [-0.4, -0.2) is 11.4 Å². The van der Waals surface area contributed by atoms with Crippen LogP contribution >= 0.6 is 0 Å². The Balaban J connectivity index is 1.68. The summed E-state index contributed by atoms with van der Waals surface area (Å²) in [4.78, 5) is 2.40. The molecule has 0 spiro atoms. The maximum atomic E-state index is 3.65. The molecule has 0 fully saturated rings. The van der Waals surface area contributed by atoms with E-state index in [1.165, 1.54) is 22.3 Å². The Labute approximate surface area is 119 Å². The molecule has 1 atom stereocenters. The van der Waals surface area contributed by atoms with Crippen LogP contribution in [0, 0.1) is 0 Å². The second-order valence-corrected chi connectivity index (χ2v) is 5.49. The summed E-state index contributed by atoms with van der Waals surface area (Å²) in [6.07, 6.45) is 5.87. The minimum atomic E-state index is 0.296. The third kappa shape index (κ3) is 1.93. The van der Waals surface area contributed by atoms with E-state index in [4.69, 9.17) is 0 Å². The Morgan fingerprint density at radius 1 is 0.950 bits per heavy atom. The summed E-state index contributed by atoms with van der Waals surface area (Å²) in [7, 11) is 0. The average molecular weight is 262 g/mol. The van der Waals surface area contributed by atoms with Gasteiger partial charge in [-0.05, 0) is 34.8 Å². The third-order valence-electron chi connectivity index (χ3n) is 4.27. The molecule has 2 heteroatoms. The number of hydrogen-bond acceptors (Lipinski definition) is 2. The van der Waals surface area contributed by atoms with E-state index in [0.29, 0.717) is 6.17 Å². The van der Waals surface area contributed by atoms with Gasteiger partial charge in [-0.3, -0.25) is 5.32 Å². The first-order chi connectivity index (χ1) is 9.92. The molecule has 0 saturated heterocycles. The predicted octanol–water partition coefficient (Wildman–Crippen LogP) is 3.32. The molecule has 0 bridgehead atoms. The fraction of sp³-hybridized carbons (Fsp3) is 0.222. The van der Waals surface area contributed by atoms with Crippen molar-refractivity contribution in [3.8, 4) is 0 Å². The van der Waals surface area contributed by atoms with Crippen LogP contribution in [0.5, 0.6) is 0 Å². The highest BCUT2D eigenvalue weighted by Gasteiger charge is 2.25. The molecule has 100 valence electrons. The predicted molar refractivity (Wildman–Crippen MR) is 81.9 cm³/mol. The van der Waals surface area contributed by atoms with Gasteiger partial charge in [-0.25, -0.2) is 0 Å². The van der Waals surface area contributed by atoms with E-state index in [1.54, 1.807) is 0 Å². The number of fused-ring (bicyclic) bond motifs is 2. The van der Waals surface area contributed by atoms with Crippen molar-refractivity contribution in [1.29, 1.82) is 0 Å². The van der Waals surface area contributed by atoms with E-state index in [0.717, 1.165) is 19.5 Å². The highest BCUT2D eigenvalue weighted by atomic mass is 15.3. The highest BCUT2D eigenvalue weighted by Crippen LogP contribution is 2.30. The van der Waals surface area contributed by atoms with Gasteiger partial charge in [0.2, 0.25) is 0 Å². The maximum Gasteiger partial charge on any atom is 0.106 e. The van der Waals surface area contributed by atoms with Crippen molar-refractivity contribution in [2.75, 3.05) is 6.54 Å². The number of rotatable bonds is 1. The highest BCUT2D eigenvalue weighted by molar-refractivity contribution is 5.55. The number of nitrogens with one attached hydrogen (secondary N) is 1. The van der Waals surface area contributed by atoms with Gasteiger partial charge in [0.1, 0.15) is 6.17 Å². The average Bonchev–Trinajstić information content (AvgIpc) is 2.54. The van der Waals surface area contributed by atoms with E-state index in [2.05, 4.69) is 71.0 Å². The summed E-state index contributed by atoms with van der Waals surface area (Å²) >= 11 is 0. The summed E-state index contributed by atoms with van der Waals surface area (Å²) in [5.74, 6) is 0. The normalized spacial score (nSPS) is 20.4. The molecule has 4 rings (SSSR count). The first-order valence-corrected chi connectivity index (χ1v) is 7.25. The van der Waals surface area contributed by atoms with Crippen molar-refractivity contribution in [2.24, 2.45) is 0 Å². The number of hydrogen-bond donors (Lipinski definition) is 1. The van der Waals surface area contributed by atoms with Gasteiger partial charge in [-0.1, -0.05) is 48.5 Å². The minimum absolute atomic E-state index is 0.296. The van der Waals surface area contributed by atoms with Gasteiger partial charge in [0, 0.05) is 19.3 Å². The summed E-state index contributed by atoms with van der Waals surface area (Å²) in [5, 5.41) is 3.65. The Morgan fingerprint density at radius 2 is 1.75 bits per heavy atom. The lowest BCUT2D eigenvalue weighted by molar-refractivity contribution is 0.219. The zero-order valence-corrected chi connectivity index (χ0v) is 11.4. The molecular weight excluding hydrogens is 244 g/mol. The third-order valence-corrected chi connectivity index (χ3v) is 4.27. The minimum Gasteiger partial charge on any atom is -0.354 e. The van der Waals surface area contributed by atoms with Crippen LogP contribution in [0.3, 0.4) is 0 Å². The number of benzene rings is 2. The fourth-order valence-corrected chi connectivity index (χ4v) is 3.22. The standard InChI is InChI=1S/C18H18N2/c1-2-7-16-13-20(12-10-14(16)5-1)18-17-8-4-3-6-15(17)9-11-19-18/h1-8,10,12,18-19H,9,11,13H2. The lowest BCUT2D eigenvalue weighted by Crippen LogP contribution is -2.40. The molecule has 20 heavy (non-hydrogen) atoms. The molecular formula is C18H18N2. The molecule has 0 aliphatic carbocycles. The van der Waals surface area contributed by atoms with Gasteiger partial charge in [0.15, 0.2) is 0 Å². The Morgan fingerprint density at radius 3 is 2.70 bits per heavy atom. The van der Waals surface area contributed by atoms with Crippen molar-refractivity contribution in [3.05, 3.63) is 77.0 Å². The van der Waals surface area contributed by atoms with Crippen LogP contribution in [0.25, 0.3) is 6.08 Å². The summed E-state index contributed by atoms with van der Waals surface area (Å²) in [5.41, 5.74) is 5.64. The molecule has 2 heterocycles. The topological polar surface area (TPSA) is 15.3 Å². The van der Waals surface area contributed by atoms with Crippen LogP contribution in [0.2, 0.25) is 0 Å². The zero-order chi connectivity index (χ0) is 13.4. The van der Waals surface area contributed by atoms with Gasteiger partial charge >= 0.3 is 0 Å². The van der Waals surface area contributed by atoms with Gasteiger partial charge in [-0.15, -0.1) is 0 Å². The molecule has 2 aliphatic rings. The number of nitrogens with zero attached hydrogens (tertiary/aromatic N) is 1. The van der Waals surface area contributed by atoms with Crippen molar-refractivity contribution >= 4 is 6.08 Å². The fourth-order valence-electron chi connectivity index (χ4n) is 3.22. The quantitative estimate of drug-likeness (QED) is 0.848. The molecule has 1 unspecified atom stereocenters. The van der Waals surface area contributed by atoms with E-state index >= 15 is 0 Å². The molecule has 0 aromatic heterocycles. The summed E-state index contributed by atoms with van der Waals surface area (Å²) in [6.45, 7) is 2.02. The monoisotopic (exact) mass is 262 g/mol. The van der Waals surface area contributed by atoms with Crippen molar-refractivity contribution in [1.82, 2.24) is 10.2 Å². The van der Waals surface area contributed by atoms with Crippen molar-refractivity contribution in [3.63, 3.8) is 0 Å². The van der Waals surface area contributed by atoms with Gasteiger partial charge in [-0.2, -0.15) is 0 Å². The molecule has 2 aromatic carbocycles. The largest absolute Gasteiger partial charge is 0.354 e. The second-order valence-electron chi connectivity index (χ2n) is 5.49. The van der Waals surface area contributed by atoms with Gasteiger partial charge < -0.3 is 4.90 Å². The lowest BCUT2D eigenvalue weighted by atomic mass is 9.96. The second kappa shape index (κ2) is 4.80. The van der Waals surface area contributed by atoms with Gasteiger partial charge in [0.25, 0.3) is 0 Å². The van der Waals surface area contributed by atoms with Crippen LogP contribution < -0.4 is 5.32 Å². The van der Waals surface area contributed by atoms with E-state index in [1.807, 2.05) is 0 Å². The van der Waals surface area contributed by atoms with E-state index < -0.39 is 0 Å². The molecule has 2 nitrogen and oxygen atoms in total. The lowest BCUT2D eigenvalue weighted by Gasteiger charge is -2.37. The van der Waals surface area contributed by atoms with E-state index in [-0.39, 0.29) is 0 Å². The Hall–Kier alpha value is -2.06. The van der Waals surface area contributed by atoms with Gasteiger partial charge in [0.05, 0.1) is 0 Å². The van der Waals surface area contributed by atoms with Crippen LogP contribution in [0.4, 0.5) is 0 Å². The molecule has 1 N–H and O–H groups in total. The molecule has 0 amide bonds. The summed E-state index contributed by atoms with van der Waals surface area (Å²) in [6, 6.07) is 17.4. The molecule has 0 saturated carbocycles. The van der Waals surface area contributed by atoms with Crippen molar-refractivity contribution < 1.29 is 0 Å². The molecule has 0 radical (unpaired) electrons. The summed E-state index contributed by atoms with van der Waals surface area (Å²) < 4.78 is 0. The van der Waals surface area contributed by atoms with E-state index in [9.17, 15) is 0 Å². The maximum absolute atomic E-state index is 3.65. The van der Waals surface area contributed by atoms with Crippen LogP contribution in [-0.2, 0) is 13.0 Å². The molecule has 2 aromatic rings. The first-order valence-electron chi connectivity index (χ1n) is 7.25. The SMILES string of the molecule is C1=CN(C2NCCc3ccccc32)Cc2ccccc21. The smallest absolute Gasteiger partial charge is 0.106 e. The first kappa shape index (κ1) is 11.7. The zero-order valence-electron chi connectivity index (χ0n) is 11.4. The Bertz CT molecular complexity index is 660. The van der Waals surface area contributed by atoms with Crippen LogP contribution in [0.15, 0.2) is 54.7 Å².